The summed E-state index contributed by atoms with van der Waals surface area (Å²) in [6, 6.07) is 12.6. The second kappa shape index (κ2) is 8.76. The van der Waals surface area contributed by atoms with Gasteiger partial charge in [0.25, 0.3) is 5.56 Å². The molecule has 0 spiro atoms. The van der Waals surface area contributed by atoms with Crippen LogP contribution in [-0.2, 0) is 27.8 Å². The van der Waals surface area contributed by atoms with Crippen LogP contribution in [0.4, 0.5) is 0 Å². The first-order valence-corrected chi connectivity index (χ1v) is 10.2. The smallest absolute Gasteiger partial charge is 0.267 e. The number of hydrogen-bond donors (Lipinski definition) is 2. The van der Waals surface area contributed by atoms with E-state index in [4.69, 9.17) is 5.14 Å². The molecule has 2 aromatic heterocycles. The summed E-state index contributed by atoms with van der Waals surface area (Å²) in [5.41, 5.74) is 1.82. The summed E-state index contributed by atoms with van der Waals surface area (Å²) in [5, 5.41) is 12.0. The summed E-state index contributed by atoms with van der Waals surface area (Å²) in [6.07, 6.45) is 3.74. The number of primary sulfonamides is 1. The zero-order valence-corrected chi connectivity index (χ0v) is 16.2. The molecule has 1 aromatic carbocycles. The Kier molecular flexibility index (Phi) is 6.15. The van der Waals surface area contributed by atoms with Gasteiger partial charge in [0.05, 0.1) is 10.6 Å². The van der Waals surface area contributed by atoms with Crippen molar-refractivity contribution in [1.82, 2.24) is 20.1 Å². The van der Waals surface area contributed by atoms with Crippen molar-refractivity contribution in [2.24, 2.45) is 5.14 Å². The van der Waals surface area contributed by atoms with E-state index in [1.807, 2.05) is 0 Å². The number of sulfonamides is 1. The van der Waals surface area contributed by atoms with Gasteiger partial charge in [-0.1, -0.05) is 12.1 Å². The Bertz CT molecular complexity index is 1160. The number of benzene rings is 1. The highest BCUT2D eigenvalue weighted by Gasteiger charge is 2.09. The number of carbonyl (C=O) groups is 1. The van der Waals surface area contributed by atoms with Crippen molar-refractivity contribution < 1.29 is 13.2 Å². The van der Waals surface area contributed by atoms with E-state index in [9.17, 15) is 18.0 Å². The Labute approximate surface area is 167 Å². The van der Waals surface area contributed by atoms with Gasteiger partial charge in [-0.25, -0.2) is 18.2 Å². The molecule has 0 fully saturated rings. The quantitative estimate of drug-likeness (QED) is 0.572. The fraction of sp³-hybridized carbons (Fsp3) is 0.158. The van der Waals surface area contributed by atoms with Crippen LogP contribution in [0.25, 0.3) is 11.3 Å². The molecule has 0 unspecified atom stereocenters. The molecule has 0 aliphatic carbocycles. The highest BCUT2D eigenvalue weighted by atomic mass is 32.2. The maximum absolute atomic E-state index is 12.2. The lowest BCUT2D eigenvalue weighted by atomic mass is 10.1. The van der Waals surface area contributed by atoms with Crippen molar-refractivity contribution in [3.05, 3.63) is 76.8 Å². The molecule has 0 bridgehead atoms. The van der Waals surface area contributed by atoms with Crippen LogP contribution in [0.2, 0.25) is 0 Å². The van der Waals surface area contributed by atoms with Gasteiger partial charge in [-0.05, 0) is 42.3 Å². The Morgan fingerprint density at radius 1 is 1.03 bits per heavy atom. The number of hydrogen-bond acceptors (Lipinski definition) is 6. The van der Waals surface area contributed by atoms with Gasteiger partial charge in [-0.3, -0.25) is 14.6 Å². The van der Waals surface area contributed by atoms with Crippen LogP contribution in [0.5, 0.6) is 0 Å². The third-order valence-electron chi connectivity index (χ3n) is 4.12. The number of nitrogens with two attached hydrogens (primary N) is 1. The van der Waals surface area contributed by atoms with Crippen molar-refractivity contribution in [2.75, 3.05) is 6.54 Å². The number of carbonyl (C=O) groups excluding carboxylic acids is 1. The molecule has 10 heteroatoms. The Morgan fingerprint density at radius 2 is 1.72 bits per heavy atom. The third kappa shape index (κ3) is 5.56. The van der Waals surface area contributed by atoms with Gasteiger partial charge in [0.15, 0.2) is 0 Å². The van der Waals surface area contributed by atoms with E-state index in [0.29, 0.717) is 18.7 Å². The molecule has 1 amide bonds. The summed E-state index contributed by atoms with van der Waals surface area (Å²) >= 11 is 0. The van der Waals surface area contributed by atoms with Gasteiger partial charge in [0, 0.05) is 30.6 Å². The summed E-state index contributed by atoms with van der Waals surface area (Å²) in [6.45, 7) is 0.120. The largest absolute Gasteiger partial charge is 0.354 e. The second-order valence-electron chi connectivity index (χ2n) is 6.24. The Hall–Kier alpha value is -3.37. The van der Waals surface area contributed by atoms with Crippen molar-refractivity contribution in [3.8, 4) is 11.3 Å². The zero-order chi connectivity index (χ0) is 20.9. The number of nitrogens with zero attached hydrogens (tertiary/aromatic N) is 3. The molecule has 0 saturated heterocycles. The standard InChI is InChI=1S/C19H19N5O4S/c20-29(27,28)16-3-1-14(2-4-16)7-12-22-18(25)13-24-19(26)6-5-17(23-24)15-8-10-21-11-9-15/h1-6,8-11H,7,12-13H2,(H,22,25)(H2,20,27,28). The molecule has 0 aliphatic rings. The molecule has 3 aromatic rings. The summed E-state index contributed by atoms with van der Waals surface area (Å²) in [7, 11) is -3.73. The van der Waals surface area contributed by atoms with Crippen LogP contribution < -0.4 is 16.0 Å². The molecule has 3 rings (SSSR count). The average Bonchev–Trinajstić information content (AvgIpc) is 2.70. The van der Waals surface area contributed by atoms with Gasteiger partial charge >= 0.3 is 0 Å². The van der Waals surface area contributed by atoms with Crippen LogP contribution in [0.1, 0.15) is 5.56 Å². The van der Waals surface area contributed by atoms with Crippen LogP contribution in [0.15, 0.2) is 70.6 Å². The average molecular weight is 413 g/mol. The number of aromatic nitrogens is 3. The first kappa shape index (κ1) is 20.4. The monoisotopic (exact) mass is 413 g/mol. The second-order valence-corrected chi connectivity index (χ2v) is 7.80. The lowest BCUT2D eigenvalue weighted by Gasteiger charge is -2.08. The van der Waals surface area contributed by atoms with Gasteiger partial charge in [0.2, 0.25) is 15.9 Å². The predicted octanol–water partition coefficient (Wildman–Crippen LogP) is 0.312. The van der Waals surface area contributed by atoms with Crippen LogP contribution >= 0.6 is 0 Å². The van der Waals surface area contributed by atoms with Crippen molar-refractivity contribution in [2.45, 2.75) is 17.9 Å². The number of nitrogens with one attached hydrogen (secondary N) is 1. The molecule has 3 N–H and O–H groups in total. The van der Waals surface area contributed by atoms with Crippen molar-refractivity contribution >= 4 is 15.9 Å². The molecule has 29 heavy (non-hydrogen) atoms. The number of pyridine rings is 1. The van der Waals surface area contributed by atoms with Crippen LogP contribution in [0, 0.1) is 0 Å². The minimum absolute atomic E-state index is 0.0322. The summed E-state index contributed by atoms with van der Waals surface area (Å²) in [5.74, 6) is -0.354. The van der Waals surface area contributed by atoms with Gasteiger partial charge < -0.3 is 5.32 Å². The highest BCUT2D eigenvalue weighted by molar-refractivity contribution is 7.89. The highest BCUT2D eigenvalue weighted by Crippen LogP contribution is 2.13. The molecule has 9 nitrogen and oxygen atoms in total. The molecule has 0 radical (unpaired) electrons. The van der Waals surface area contributed by atoms with Gasteiger partial charge in [0.1, 0.15) is 6.54 Å². The first-order valence-electron chi connectivity index (χ1n) is 8.70. The van der Waals surface area contributed by atoms with E-state index in [-0.39, 0.29) is 22.9 Å². The Morgan fingerprint density at radius 3 is 2.38 bits per heavy atom. The summed E-state index contributed by atoms with van der Waals surface area (Å²) in [4.78, 5) is 28.1. The normalized spacial score (nSPS) is 11.2. The molecule has 150 valence electrons. The first-order chi connectivity index (χ1) is 13.8. The van der Waals surface area contributed by atoms with Gasteiger partial charge in [-0.2, -0.15) is 5.10 Å². The lowest BCUT2D eigenvalue weighted by Crippen LogP contribution is -2.34. The van der Waals surface area contributed by atoms with Crippen molar-refractivity contribution in [1.29, 1.82) is 0 Å². The van der Waals surface area contributed by atoms with Gasteiger partial charge in [-0.15, -0.1) is 0 Å². The predicted molar refractivity (Wildman–Crippen MR) is 106 cm³/mol. The minimum atomic E-state index is -3.73. The van der Waals surface area contributed by atoms with Crippen molar-refractivity contribution in [3.63, 3.8) is 0 Å². The topological polar surface area (TPSA) is 137 Å². The van der Waals surface area contributed by atoms with Crippen LogP contribution in [-0.4, -0.2) is 35.6 Å². The molecular weight excluding hydrogens is 394 g/mol. The molecule has 2 heterocycles. The number of rotatable bonds is 7. The number of amides is 1. The molecule has 0 atom stereocenters. The van der Waals surface area contributed by atoms with E-state index >= 15 is 0 Å². The Balaban J connectivity index is 1.58. The van der Waals surface area contributed by atoms with E-state index in [2.05, 4.69) is 15.4 Å². The molecular formula is C19H19N5O4S. The van der Waals surface area contributed by atoms with E-state index in [1.165, 1.54) is 18.2 Å². The minimum Gasteiger partial charge on any atom is -0.354 e. The fourth-order valence-electron chi connectivity index (χ4n) is 2.62. The SMILES string of the molecule is NS(=O)(=O)c1ccc(CCNC(=O)Cn2nc(-c3ccncc3)ccc2=O)cc1. The summed E-state index contributed by atoms with van der Waals surface area (Å²) < 4.78 is 23.6. The molecule has 0 saturated carbocycles. The van der Waals surface area contributed by atoms with Crippen LogP contribution in [0.3, 0.4) is 0 Å². The van der Waals surface area contributed by atoms with E-state index in [0.717, 1.165) is 15.8 Å². The van der Waals surface area contributed by atoms with E-state index in [1.54, 1.807) is 42.7 Å². The molecule has 0 aliphatic heterocycles. The maximum Gasteiger partial charge on any atom is 0.267 e. The zero-order valence-electron chi connectivity index (χ0n) is 15.4. The fourth-order valence-corrected chi connectivity index (χ4v) is 3.14. The lowest BCUT2D eigenvalue weighted by molar-refractivity contribution is -0.121. The third-order valence-corrected chi connectivity index (χ3v) is 5.05. The van der Waals surface area contributed by atoms with E-state index < -0.39 is 10.0 Å². The maximum atomic E-state index is 12.2.